The standard InChI is InChI=1S/C17H34N2O3S/c1-6-17(4,5)15-7-9-16(10-8-15)18-23(20,21)19-11-13(2)22-14(3)12-19/h13-16,18H,6-12H2,1-5H3/t13-,14-,15?,16?/m1/s1. The molecule has 1 saturated carbocycles. The van der Waals surface area contributed by atoms with E-state index in [9.17, 15) is 8.42 Å². The van der Waals surface area contributed by atoms with E-state index in [1.54, 1.807) is 4.31 Å². The number of nitrogens with zero attached hydrogens (tertiary/aromatic N) is 1. The van der Waals surface area contributed by atoms with Crippen molar-refractivity contribution in [3.05, 3.63) is 0 Å². The van der Waals surface area contributed by atoms with Gasteiger partial charge in [0.25, 0.3) is 10.2 Å². The van der Waals surface area contributed by atoms with Gasteiger partial charge in [-0.1, -0.05) is 27.2 Å². The fraction of sp³-hybridized carbons (Fsp3) is 1.00. The molecule has 0 unspecified atom stereocenters. The predicted molar refractivity (Wildman–Crippen MR) is 93.5 cm³/mol. The Morgan fingerprint density at radius 2 is 1.61 bits per heavy atom. The first-order chi connectivity index (χ1) is 10.6. The summed E-state index contributed by atoms with van der Waals surface area (Å²) in [5.74, 6) is 0.705. The van der Waals surface area contributed by atoms with Gasteiger partial charge in [-0.25, -0.2) is 0 Å². The molecule has 0 bridgehead atoms. The van der Waals surface area contributed by atoms with Crippen molar-refractivity contribution in [3.8, 4) is 0 Å². The van der Waals surface area contributed by atoms with Crippen LogP contribution < -0.4 is 4.72 Å². The van der Waals surface area contributed by atoms with Gasteiger partial charge in [-0.3, -0.25) is 0 Å². The highest BCUT2D eigenvalue weighted by atomic mass is 32.2. The normalized spacial score (nSPS) is 34.5. The van der Waals surface area contributed by atoms with Gasteiger partial charge in [0.15, 0.2) is 0 Å². The molecule has 1 saturated heterocycles. The molecule has 6 heteroatoms. The smallest absolute Gasteiger partial charge is 0.279 e. The quantitative estimate of drug-likeness (QED) is 0.833. The molecule has 1 aliphatic heterocycles. The van der Waals surface area contributed by atoms with Crippen LogP contribution in [0.25, 0.3) is 0 Å². The number of rotatable bonds is 5. The summed E-state index contributed by atoms with van der Waals surface area (Å²) >= 11 is 0. The summed E-state index contributed by atoms with van der Waals surface area (Å²) in [6.07, 6.45) is 5.21. The van der Waals surface area contributed by atoms with Crippen molar-refractivity contribution in [1.29, 1.82) is 0 Å². The van der Waals surface area contributed by atoms with Crippen LogP contribution in [-0.2, 0) is 14.9 Å². The minimum absolute atomic E-state index is 0.0450. The van der Waals surface area contributed by atoms with Crippen molar-refractivity contribution in [2.45, 2.75) is 85.0 Å². The lowest BCUT2D eigenvalue weighted by atomic mass is 9.69. The number of hydrogen-bond acceptors (Lipinski definition) is 3. The van der Waals surface area contributed by atoms with Crippen LogP contribution in [0.15, 0.2) is 0 Å². The van der Waals surface area contributed by atoms with Crippen molar-refractivity contribution in [2.24, 2.45) is 11.3 Å². The van der Waals surface area contributed by atoms with Crippen molar-refractivity contribution in [3.63, 3.8) is 0 Å². The van der Waals surface area contributed by atoms with Gasteiger partial charge in [0, 0.05) is 19.1 Å². The highest BCUT2D eigenvalue weighted by Gasteiger charge is 2.36. The molecular weight excluding hydrogens is 312 g/mol. The van der Waals surface area contributed by atoms with Crippen molar-refractivity contribution in [1.82, 2.24) is 9.03 Å². The van der Waals surface area contributed by atoms with Gasteiger partial charge in [0.2, 0.25) is 0 Å². The lowest BCUT2D eigenvalue weighted by Crippen LogP contribution is -2.54. The SMILES string of the molecule is CCC(C)(C)C1CCC(NS(=O)(=O)N2C[C@@H](C)O[C@H](C)C2)CC1. The molecule has 0 spiro atoms. The fourth-order valence-electron chi connectivity index (χ4n) is 3.89. The third-order valence-electron chi connectivity index (χ3n) is 5.79. The minimum atomic E-state index is -3.40. The Labute approximate surface area is 142 Å². The van der Waals surface area contributed by atoms with E-state index in [0.717, 1.165) is 25.7 Å². The van der Waals surface area contributed by atoms with Crippen LogP contribution in [0.3, 0.4) is 0 Å². The molecule has 23 heavy (non-hydrogen) atoms. The van der Waals surface area contributed by atoms with Gasteiger partial charge in [0.1, 0.15) is 0 Å². The third-order valence-corrected chi connectivity index (χ3v) is 7.39. The molecule has 1 aliphatic carbocycles. The van der Waals surface area contributed by atoms with Gasteiger partial charge in [-0.15, -0.1) is 0 Å². The maximum Gasteiger partial charge on any atom is 0.279 e. The summed E-state index contributed by atoms with van der Waals surface area (Å²) in [6.45, 7) is 11.6. The van der Waals surface area contributed by atoms with E-state index in [2.05, 4.69) is 25.5 Å². The first-order valence-electron chi connectivity index (χ1n) is 9.07. The maximum atomic E-state index is 12.6. The second-order valence-electron chi connectivity index (χ2n) is 8.09. The van der Waals surface area contributed by atoms with Gasteiger partial charge in [-0.2, -0.15) is 17.4 Å². The third kappa shape index (κ3) is 4.91. The Morgan fingerprint density at radius 1 is 1.09 bits per heavy atom. The Kier molecular flexibility index (Phi) is 6.15. The topological polar surface area (TPSA) is 58.6 Å². The molecule has 1 N–H and O–H groups in total. The fourth-order valence-corrected chi connectivity index (χ4v) is 5.51. The average molecular weight is 347 g/mol. The van der Waals surface area contributed by atoms with Gasteiger partial charge in [0.05, 0.1) is 12.2 Å². The number of hydrogen-bond donors (Lipinski definition) is 1. The Bertz CT molecular complexity index is 474. The summed E-state index contributed by atoms with van der Waals surface area (Å²) in [6, 6.07) is 0.0809. The molecule has 2 rings (SSSR count). The largest absolute Gasteiger partial charge is 0.373 e. The molecule has 2 atom stereocenters. The van der Waals surface area contributed by atoms with Crippen LogP contribution in [0.2, 0.25) is 0 Å². The van der Waals surface area contributed by atoms with Crippen LogP contribution in [0, 0.1) is 11.3 Å². The molecule has 0 aromatic carbocycles. The Morgan fingerprint density at radius 3 is 2.09 bits per heavy atom. The second kappa shape index (κ2) is 7.38. The molecule has 2 aliphatic rings. The summed E-state index contributed by atoms with van der Waals surface area (Å²) in [5.41, 5.74) is 0.360. The Hall–Kier alpha value is -0.170. The lowest BCUT2D eigenvalue weighted by molar-refractivity contribution is -0.0445. The van der Waals surface area contributed by atoms with E-state index < -0.39 is 10.2 Å². The average Bonchev–Trinajstić information content (AvgIpc) is 2.46. The number of ether oxygens (including phenoxy) is 1. The maximum absolute atomic E-state index is 12.6. The molecule has 0 aromatic rings. The van der Waals surface area contributed by atoms with Gasteiger partial charge >= 0.3 is 0 Å². The number of morpholine rings is 1. The van der Waals surface area contributed by atoms with Crippen LogP contribution in [0.5, 0.6) is 0 Å². The Balaban J connectivity index is 1.90. The van der Waals surface area contributed by atoms with E-state index in [0.29, 0.717) is 24.4 Å². The molecular formula is C17H34N2O3S. The highest BCUT2D eigenvalue weighted by Crippen LogP contribution is 2.40. The monoisotopic (exact) mass is 346 g/mol. The first-order valence-corrected chi connectivity index (χ1v) is 10.5. The van der Waals surface area contributed by atoms with E-state index in [-0.39, 0.29) is 18.2 Å². The zero-order chi connectivity index (χ0) is 17.3. The van der Waals surface area contributed by atoms with Crippen molar-refractivity contribution >= 4 is 10.2 Å². The summed E-state index contributed by atoms with van der Waals surface area (Å²) < 4.78 is 35.4. The van der Waals surface area contributed by atoms with Crippen molar-refractivity contribution in [2.75, 3.05) is 13.1 Å². The zero-order valence-electron chi connectivity index (χ0n) is 15.3. The number of nitrogens with one attached hydrogen (secondary N) is 1. The van der Waals surface area contributed by atoms with E-state index >= 15 is 0 Å². The summed E-state index contributed by atoms with van der Waals surface area (Å²) in [4.78, 5) is 0. The molecule has 136 valence electrons. The van der Waals surface area contributed by atoms with Crippen molar-refractivity contribution < 1.29 is 13.2 Å². The van der Waals surface area contributed by atoms with Gasteiger partial charge < -0.3 is 4.74 Å². The minimum Gasteiger partial charge on any atom is -0.373 e. The summed E-state index contributed by atoms with van der Waals surface area (Å²) in [5, 5.41) is 0. The first kappa shape index (κ1) is 19.2. The molecule has 0 aromatic heterocycles. The lowest BCUT2D eigenvalue weighted by Gasteiger charge is -2.40. The van der Waals surface area contributed by atoms with Crippen LogP contribution in [0.1, 0.15) is 66.7 Å². The molecule has 5 nitrogen and oxygen atoms in total. The second-order valence-corrected chi connectivity index (χ2v) is 9.79. The van der Waals surface area contributed by atoms with Crippen LogP contribution in [-0.4, -0.2) is 44.1 Å². The van der Waals surface area contributed by atoms with Crippen LogP contribution in [0.4, 0.5) is 0 Å². The molecule has 0 amide bonds. The van der Waals surface area contributed by atoms with E-state index in [1.165, 1.54) is 6.42 Å². The molecule has 0 radical (unpaired) electrons. The summed E-state index contributed by atoms with van der Waals surface area (Å²) in [7, 11) is -3.40. The zero-order valence-corrected chi connectivity index (χ0v) is 16.2. The van der Waals surface area contributed by atoms with Crippen LogP contribution >= 0.6 is 0 Å². The predicted octanol–water partition coefficient (Wildman–Crippen LogP) is 2.93. The molecule has 1 heterocycles. The van der Waals surface area contributed by atoms with E-state index in [1.807, 2.05) is 13.8 Å². The highest BCUT2D eigenvalue weighted by molar-refractivity contribution is 7.87. The molecule has 2 fully saturated rings. The van der Waals surface area contributed by atoms with Gasteiger partial charge in [-0.05, 0) is 50.9 Å². The van der Waals surface area contributed by atoms with E-state index in [4.69, 9.17) is 4.74 Å².